The number of ether oxygens (including phenoxy) is 2. The maximum absolute atomic E-state index is 12.2. The van der Waals surface area contributed by atoms with Crippen LogP contribution in [0.5, 0.6) is 0 Å². The number of rotatable bonds is 7. The lowest BCUT2D eigenvalue weighted by Gasteiger charge is -2.15. The first-order valence-corrected chi connectivity index (χ1v) is 7.01. The predicted octanol–water partition coefficient (Wildman–Crippen LogP) is 2.15. The van der Waals surface area contributed by atoms with Gasteiger partial charge >= 0.3 is 5.97 Å². The number of hydrogen-bond acceptors (Lipinski definition) is 4. The molecule has 1 amide bonds. The molecule has 1 rings (SSSR count). The summed E-state index contributed by atoms with van der Waals surface area (Å²) in [5.74, 6) is -0.909. The van der Waals surface area contributed by atoms with E-state index in [2.05, 4.69) is 5.32 Å². The molecular formula is C16H23NO4. The highest BCUT2D eigenvalue weighted by Crippen LogP contribution is 2.10. The van der Waals surface area contributed by atoms with Gasteiger partial charge in [0.1, 0.15) is 0 Å². The van der Waals surface area contributed by atoms with E-state index in [-0.39, 0.29) is 30.4 Å². The molecule has 21 heavy (non-hydrogen) atoms. The minimum absolute atomic E-state index is 0.155. The summed E-state index contributed by atoms with van der Waals surface area (Å²) in [4.78, 5) is 23.8. The van der Waals surface area contributed by atoms with Gasteiger partial charge in [0.2, 0.25) is 0 Å². The van der Waals surface area contributed by atoms with E-state index in [1.807, 2.05) is 12.1 Å². The molecule has 0 radical (unpaired) electrons. The number of nitrogens with one attached hydrogen (secondary N) is 1. The van der Waals surface area contributed by atoms with Crippen LogP contribution < -0.4 is 5.32 Å². The van der Waals surface area contributed by atoms with Crippen molar-refractivity contribution < 1.29 is 19.1 Å². The Morgan fingerprint density at radius 2 is 1.86 bits per heavy atom. The third kappa shape index (κ3) is 5.55. The van der Waals surface area contributed by atoms with Crippen LogP contribution in [0.2, 0.25) is 0 Å². The van der Waals surface area contributed by atoms with E-state index < -0.39 is 0 Å². The normalized spacial score (nSPS) is 12.0. The molecule has 1 atom stereocenters. The van der Waals surface area contributed by atoms with Gasteiger partial charge in [-0.25, -0.2) is 0 Å². The third-order valence-electron chi connectivity index (χ3n) is 2.88. The van der Waals surface area contributed by atoms with E-state index in [0.717, 1.165) is 5.56 Å². The number of carbonyl (C=O) groups is 2. The first kappa shape index (κ1) is 17.2. The second-order valence-electron chi connectivity index (χ2n) is 5.19. The zero-order valence-corrected chi connectivity index (χ0v) is 13.0. The molecule has 5 nitrogen and oxygen atoms in total. The highest BCUT2D eigenvalue weighted by atomic mass is 16.5. The van der Waals surface area contributed by atoms with Gasteiger partial charge in [-0.05, 0) is 25.5 Å². The van der Waals surface area contributed by atoms with Crippen molar-refractivity contribution in [3.63, 3.8) is 0 Å². The maximum atomic E-state index is 12.2. The summed E-state index contributed by atoms with van der Waals surface area (Å²) < 4.78 is 10.2. The van der Waals surface area contributed by atoms with E-state index >= 15 is 0 Å². The number of benzene rings is 1. The largest absolute Gasteiger partial charge is 0.463 e. The van der Waals surface area contributed by atoms with E-state index in [1.54, 1.807) is 40.0 Å². The summed E-state index contributed by atoms with van der Waals surface area (Å²) in [6, 6.07) is 7.23. The molecule has 5 heteroatoms. The van der Waals surface area contributed by atoms with Crippen LogP contribution in [0.4, 0.5) is 0 Å². The lowest BCUT2D eigenvalue weighted by atomic mass is 10.1. The lowest BCUT2D eigenvalue weighted by Crippen LogP contribution is -2.33. The Morgan fingerprint density at radius 3 is 2.48 bits per heavy atom. The van der Waals surface area contributed by atoms with Crippen LogP contribution >= 0.6 is 0 Å². The second-order valence-corrected chi connectivity index (χ2v) is 5.19. The summed E-state index contributed by atoms with van der Waals surface area (Å²) in [7, 11) is 1.58. The number of methoxy groups -OCH3 is 1. The molecule has 0 aromatic heterocycles. The molecule has 0 saturated carbocycles. The highest BCUT2D eigenvalue weighted by molar-refractivity contribution is 5.95. The number of carbonyl (C=O) groups excluding carboxylic acids is 2. The summed E-state index contributed by atoms with van der Waals surface area (Å²) >= 11 is 0. The van der Waals surface area contributed by atoms with Gasteiger partial charge in [0.05, 0.1) is 18.6 Å². The monoisotopic (exact) mass is 293 g/mol. The van der Waals surface area contributed by atoms with Gasteiger partial charge in [-0.1, -0.05) is 25.1 Å². The average molecular weight is 293 g/mol. The predicted molar refractivity (Wildman–Crippen MR) is 79.9 cm³/mol. The number of esters is 1. The first-order valence-electron chi connectivity index (χ1n) is 7.01. The Kier molecular flexibility index (Phi) is 6.88. The summed E-state index contributed by atoms with van der Waals surface area (Å²) in [6.07, 6.45) is -0.155. The van der Waals surface area contributed by atoms with Crippen molar-refractivity contribution in [3.8, 4) is 0 Å². The molecule has 1 unspecified atom stereocenters. The minimum Gasteiger partial charge on any atom is -0.463 e. The van der Waals surface area contributed by atoms with Crippen molar-refractivity contribution in [2.75, 3.05) is 13.7 Å². The van der Waals surface area contributed by atoms with Crippen LogP contribution in [0.1, 0.15) is 36.7 Å². The fourth-order valence-electron chi connectivity index (χ4n) is 1.80. The molecule has 116 valence electrons. The zero-order valence-electron chi connectivity index (χ0n) is 13.0. The fourth-order valence-corrected chi connectivity index (χ4v) is 1.80. The molecule has 1 N–H and O–H groups in total. The fraction of sp³-hybridized carbons (Fsp3) is 0.500. The molecule has 0 aliphatic carbocycles. The Hall–Kier alpha value is -1.88. The molecule has 0 aliphatic rings. The smallest absolute Gasteiger partial charge is 0.310 e. The highest BCUT2D eigenvalue weighted by Gasteiger charge is 2.18. The van der Waals surface area contributed by atoms with Gasteiger partial charge in [0.25, 0.3) is 5.91 Å². The van der Waals surface area contributed by atoms with Crippen LogP contribution in [0.25, 0.3) is 0 Å². The van der Waals surface area contributed by atoms with Crippen LogP contribution in [0, 0.1) is 5.92 Å². The molecular weight excluding hydrogens is 270 g/mol. The topological polar surface area (TPSA) is 64.6 Å². The van der Waals surface area contributed by atoms with Crippen molar-refractivity contribution in [2.45, 2.75) is 33.5 Å². The molecule has 1 aromatic rings. The Labute approximate surface area is 125 Å². The Morgan fingerprint density at radius 1 is 1.19 bits per heavy atom. The van der Waals surface area contributed by atoms with E-state index in [4.69, 9.17) is 9.47 Å². The van der Waals surface area contributed by atoms with E-state index in [0.29, 0.717) is 12.2 Å². The van der Waals surface area contributed by atoms with Gasteiger partial charge in [-0.15, -0.1) is 0 Å². The summed E-state index contributed by atoms with van der Waals surface area (Å²) in [5, 5.41) is 2.76. The minimum atomic E-state index is -0.383. The SMILES string of the molecule is COCc1ccccc1C(=O)NCC(C)C(=O)OC(C)C. The van der Waals surface area contributed by atoms with Crippen LogP contribution in [0.15, 0.2) is 24.3 Å². The van der Waals surface area contributed by atoms with Crippen LogP contribution in [-0.2, 0) is 20.9 Å². The average Bonchev–Trinajstić information content (AvgIpc) is 2.44. The number of amides is 1. The Bertz CT molecular complexity index is 485. The summed E-state index contributed by atoms with van der Waals surface area (Å²) in [5.41, 5.74) is 1.37. The molecule has 0 aliphatic heterocycles. The van der Waals surface area contributed by atoms with Crippen molar-refractivity contribution >= 4 is 11.9 Å². The van der Waals surface area contributed by atoms with Crippen LogP contribution in [0.3, 0.4) is 0 Å². The van der Waals surface area contributed by atoms with Crippen molar-refractivity contribution in [1.29, 1.82) is 0 Å². The maximum Gasteiger partial charge on any atom is 0.310 e. The van der Waals surface area contributed by atoms with Crippen molar-refractivity contribution in [1.82, 2.24) is 5.32 Å². The van der Waals surface area contributed by atoms with E-state index in [9.17, 15) is 9.59 Å². The van der Waals surface area contributed by atoms with Gasteiger partial charge in [0.15, 0.2) is 0 Å². The standard InChI is InChI=1S/C16H23NO4/c1-11(2)21-16(19)12(3)9-17-15(18)14-8-6-5-7-13(14)10-20-4/h5-8,11-12H,9-10H2,1-4H3,(H,17,18). The summed E-state index contributed by atoms with van der Waals surface area (Å²) in [6.45, 7) is 5.93. The first-order chi connectivity index (χ1) is 9.95. The van der Waals surface area contributed by atoms with E-state index in [1.165, 1.54) is 0 Å². The molecule has 0 fully saturated rings. The molecule has 0 bridgehead atoms. The lowest BCUT2D eigenvalue weighted by molar-refractivity contribution is -0.151. The molecule has 0 heterocycles. The molecule has 0 spiro atoms. The van der Waals surface area contributed by atoms with Crippen molar-refractivity contribution in [3.05, 3.63) is 35.4 Å². The van der Waals surface area contributed by atoms with Gasteiger partial charge in [0, 0.05) is 19.2 Å². The Balaban J connectivity index is 2.60. The second kappa shape index (κ2) is 8.42. The number of hydrogen-bond donors (Lipinski definition) is 1. The van der Waals surface area contributed by atoms with Crippen LogP contribution in [-0.4, -0.2) is 31.6 Å². The van der Waals surface area contributed by atoms with Gasteiger partial charge in [-0.3, -0.25) is 9.59 Å². The third-order valence-corrected chi connectivity index (χ3v) is 2.88. The van der Waals surface area contributed by atoms with Gasteiger partial charge < -0.3 is 14.8 Å². The van der Waals surface area contributed by atoms with Gasteiger partial charge in [-0.2, -0.15) is 0 Å². The molecule has 1 aromatic carbocycles. The van der Waals surface area contributed by atoms with Crippen molar-refractivity contribution in [2.24, 2.45) is 5.92 Å². The molecule has 0 saturated heterocycles. The quantitative estimate of drug-likeness (QED) is 0.782. The zero-order chi connectivity index (χ0) is 15.8.